The molecule has 1 N–H and O–H groups in total. The lowest BCUT2D eigenvalue weighted by Crippen LogP contribution is -2.18. The van der Waals surface area contributed by atoms with Crippen molar-refractivity contribution >= 4 is 0 Å². The predicted molar refractivity (Wildman–Crippen MR) is 63.2 cm³/mol. The van der Waals surface area contributed by atoms with Gasteiger partial charge in [0.15, 0.2) is 0 Å². The molecule has 2 heterocycles. The first-order valence-corrected chi connectivity index (χ1v) is 5.91. The molecule has 0 atom stereocenters. The fraction of sp³-hybridized carbons (Fsp3) is 0.417. The monoisotopic (exact) mass is 229 g/mol. The smallest absolute Gasteiger partial charge is 0.0952 e. The van der Waals surface area contributed by atoms with E-state index in [9.17, 15) is 0 Å². The van der Waals surface area contributed by atoms with E-state index in [1.807, 2.05) is 24.7 Å². The first-order chi connectivity index (χ1) is 8.42. The molecule has 88 valence electrons. The molecule has 3 rings (SSSR count). The Balaban J connectivity index is 1.67. The zero-order valence-corrected chi connectivity index (χ0v) is 9.58. The van der Waals surface area contributed by atoms with Crippen molar-refractivity contribution in [3.8, 4) is 0 Å². The standard InChI is InChI=1S/C12H15N5/c1-2-11(16-15-5-1)8-17-9-13-6-12(17)7-14-10-3-4-10/h1-2,5-6,9-10,14H,3-4,7-8H2. The third kappa shape index (κ3) is 2.68. The Morgan fingerprint density at radius 3 is 3.12 bits per heavy atom. The van der Waals surface area contributed by atoms with Crippen LogP contribution >= 0.6 is 0 Å². The summed E-state index contributed by atoms with van der Waals surface area (Å²) in [6, 6.07) is 4.60. The van der Waals surface area contributed by atoms with Crippen molar-refractivity contribution in [3.63, 3.8) is 0 Å². The van der Waals surface area contributed by atoms with Crippen LogP contribution in [0.25, 0.3) is 0 Å². The molecule has 0 aromatic carbocycles. The largest absolute Gasteiger partial charge is 0.327 e. The number of aromatic nitrogens is 4. The Bertz CT molecular complexity index is 475. The minimum Gasteiger partial charge on any atom is -0.327 e. The van der Waals surface area contributed by atoms with Gasteiger partial charge >= 0.3 is 0 Å². The molecule has 0 amide bonds. The van der Waals surface area contributed by atoms with E-state index >= 15 is 0 Å². The molecule has 1 aliphatic rings. The lowest BCUT2D eigenvalue weighted by atomic mass is 10.3. The summed E-state index contributed by atoms with van der Waals surface area (Å²) in [5.41, 5.74) is 2.15. The summed E-state index contributed by atoms with van der Waals surface area (Å²) in [5, 5.41) is 11.5. The average Bonchev–Trinajstić information content (AvgIpc) is 3.09. The molecule has 2 aromatic heterocycles. The summed E-state index contributed by atoms with van der Waals surface area (Å²) in [4.78, 5) is 4.19. The van der Waals surface area contributed by atoms with Crippen molar-refractivity contribution in [2.24, 2.45) is 0 Å². The second-order valence-corrected chi connectivity index (χ2v) is 4.38. The van der Waals surface area contributed by atoms with Gasteiger partial charge in [-0.3, -0.25) is 0 Å². The molecule has 0 aliphatic heterocycles. The number of imidazole rings is 1. The third-order valence-corrected chi connectivity index (χ3v) is 2.91. The van der Waals surface area contributed by atoms with E-state index in [-0.39, 0.29) is 0 Å². The van der Waals surface area contributed by atoms with Gasteiger partial charge < -0.3 is 9.88 Å². The van der Waals surface area contributed by atoms with Crippen molar-refractivity contribution in [2.45, 2.75) is 32.0 Å². The topological polar surface area (TPSA) is 55.6 Å². The van der Waals surface area contributed by atoms with Crippen molar-refractivity contribution in [2.75, 3.05) is 0 Å². The lowest BCUT2D eigenvalue weighted by Gasteiger charge is -2.07. The van der Waals surface area contributed by atoms with Crippen LogP contribution in [0.5, 0.6) is 0 Å². The Labute approximate surface area is 99.9 Å². The summed E-state index contributed by atoms with van der Waals surface area (Å²) in [5.74, 6) is 0. The number of rotatable bonds is 5. The minimum atomic E-state index is 0.717. The molecular weight excluding hydrogens is 214 g/mol. The highest BCUT2D eigenvalue weighted by molar-refractivity contribution is 5.05. The highest BCUT2D eigenvalue weighted by atomic mass is 15.1. The van der Waals surface area contributed by atoms with Crippen molar-refractivity contribution in [3.05, 3.63) is 42.2 Å². The first-order valence-electron chi connectivity index (χ1n) is 5.91. The van der Waals surface area contributed by atoms with Gasteiger partial charge in [-0.25, -0.2) is 4.98 Å². The zero-order valence-electron chi connectivity index (χ0n) is 9.58. The zero-order chi connectivity index (χ0) is 11.5. The van der Waals surface area contributed by atoms with Crippen LogP contribution in [0.1, 0.15) is 24.2 Å². The number of nitrogens with zero attached hydrogens (tertiary/aromatic N) is 4. The van der Waals surface area contributed by atoms with Crippen LogP contribution in [-0.2, 0) is 13.1 Å². The van der Waals surface area contributed by atoms with Gasteiger partial charge in [-0.05, 0) is 25.0 Å². The molecule has 5 heteroatoms. The van der Waals surface area contributed by atoms with Gasteiger partial charge in [0.2, 0.25) is 0 Å². The maximum atomic E-state index is 4.19. The summed E-state index contributed by atoms with van der Waals surface area (Å²) in [7, 11) is 0. The number of nitrogens with one attached hydrogen (secondary N) is 1. The second-order valence-electron chi connectivity index (χ2n) is 4.38. The Hall–Kier alpha value is -1.75. The van der Waals surface area contributed by atoms with Gasteiger partial charge in [0, 0.05) is 25.0 Å². The quantitative estimate of drug-likeness (QED) is 0.830. The molecule has 1 saturated carbocycles. The molecule has 0 unspecified atom stereocenters. The molecule has 5 nitrogen and oxygen atoms in total. The molecule has 0 bridgehead atoms. The van der Waals surface area contributed by atoms with E-state index in [2.05, 4.69) is 25.1 Å². The Morgan fingerprint density at radius 2 is 2.35 bits per heavy atom. The van der Waals surface area contributed by atoms with Crippen molar-refractivity contribution in [1.29, 1.82) is 0 Å². The molecule has 1 fully saturated rings. The van der Waals surface area contributed by atoms with Crippen LogP contribution in [0.3, 0.4) is 0 Å². The number of hydrogen-bond donors (Lipinski definition) is 1. The van der Waals surface area contributed by atoms with Crippen LogP contribution in [-0.4, -0.2) is 25.8 Å². The SMILES string of the molecule is c1cnnc(Cn2cncc2CNC2CC2)c1. The van der Waals surface area contributed by atoms with Crippen molar-refractivity contribution < 1.29 is 0 Å². The third-order valence-electron chi connectivity index (χ3n) is 2.91. The van der Waals surface area contributed by atoms with E-state index in [4.69, 9.17) is 0 Å². The predicted octanol–water partition coefficient (Wildman–Crippen LogP) is 0.973. The van der Waals surface area contributed by atoms with Gasteiger partial charge in [-0.1, -0.05) is 0 Å². The maximum Gasteiger partial charge on any atom is 0.0952 e. The normalized spacial score (nSPS) is 15.1. The van der Waals surface area contributed by atoms with Gasteiger partial charge in [-0.15, -0.1) is 0 Å². The van der Waals surface area contributed by atoms with Crippen LogP contribution < -0.4 is 5.32 Å². The van der Waals surface area contributed by atoms with Gasteiger partial charge in [0.1, 0.15) is 0 Å². The van der Waals surface area contributed by atoms with Crippen LogP contribution in [0, 0.1) is 0 Å². The second kappa shape index (κ2) is 4.63. The Kier molecular flexibility index (Phi) is 2.83. The molecule has 0 radical (unpaired) electrons. The average molecular weight is 229 g/mol. The van der Waals surface area contributed by atoms with E-state index in [0.717, 1.165) is 24.8 Å². The van der Waals surface area contributed by atoms with Gasteiger partial charge in [0.05, 0.1) is 24.3 Å². The molecule has 0 saturated heterocycles. The summed E-state index contributed by atoms with van der Waals surface area (Å²) >= 11 is 0. The van der Waals surface area contributed by atoms with E-state index in [1.54, 1.807) is 6.20 Å². The van der Waals surface area contributed by atoms with Crippen molar-refractivity contribution in [1.82, 2.24) is 25.1 Å². The first kappa shape index (κ1) is 10.4. The minimum absolute atomic E-state index is 0.717. The van der Waals surface area contributed by atoms with Crippen LogP contribution in [0.2, 0.25) is 0 Å². The molecule has 2 aromatic rings. The van der Waals surface area contributed by atoms with E-state index in [0.29, 0.717) is 0 Å². The van der Waals surface area contributed by atoms with Gasteiger partial charge in [0.25, 0.3) is 0 Å². The Morgan fingerprint density at radius 1 is 1.41 bits per heavy atom. The van der Waals surface area contributed by atoms with E-state index < -0.39 is 0 Å². The van der Waals surface area contributed by atoms with Crippen LogP contribution in [0.4, 0.5) is 0 Å². The highest BCUT2D eigenvalue weighted by Crippen LogP contribution is 2.19. The maximum absolute atomic E-state index is 4.19. The summed E-state index contributed by atoms with van der Waals surface area (Å²) in [6.07, 6.45) is 8.05. The number of hydrogen-bond acceptors (Lipinski definition) is 4. The van der Waals surface area contributed by atoms with E-state index in [1.165, 1.54) is 18.5 Å². The lowest BCUT2D eigenvalue weighted by molar-refractivity contribution is 0.627. The fourth-order valence-electron chi connectivity index (χ4n) is 1.77. The summed E-state index contributed by atoms with van der Waals surface area (Å²) < 4.78 is 2.11. The fourth-order valence-corrected chi connectivity index (χ4v) is 1.77. The van der Waals surface area contributed by atoms with Crippen LogP contribution in [0.15, 0.2) is 30.9 Å². The summed E-state index contributed by atoms with van der Waals surface area (Å²) in [6.45, 7) is 1.61. The molecule has 1 aliphatic carbocycles. The highest BCUT2D eigenvalue weighted by Gasteiger charge is 2.20. The van der Waals surface area contributed by atoms with Gasteiger partial charge in [-0.2, -0.15) is 10.2 Å². The molecule has 0 spiro atoms. The molecular formula is C12H15N5. The molecule has 17 heavy (non-hydrogen) atoms.